The van der Waals surface area contributed by atoms with Gasteiger partial charge in [-0.1, -0.05) is 17.7 Å². The Morgan fingerprint density at radius 2 is 2.08 bits per heavy atom. The maximum absolute atomic E-state index is 12.1. The van der Waals surface area contributed by atoms with Crippen molar-refractivity contribution >= 4 is 17.4 Å². The van der Waals surface area contributed by atoms with Crippen molar-refractivity contribution in [1.29, 1.82) is 0 Å². The summed E-state index contributed by atoms with van der Waals surface area (Å²) in [4.78, 5) is 14.0. The predicted octanol–water partition coefficient (Wildman–Crippen LogP) is 2.07. The molecule has 0 spiro atoms. The number of aromatic nitrogens is 2. The lowest BCUT2D eigenvalue weighted by molar-refractivity contribution is 0.116. The van der Waals surface area contributed by atoms with Gasteiger partial charge in [0.1, 0.15) is 0 Å². The zero-order valence-electron chi connectivity index (χ0n) is 14.6. The Labute approximate surface area is 142 Å². The molecule has 1 aromatic heterocycles. The highest BCUT2D eigenvalue weighted by Gasteiger charge is 2.10. The first-order valence-corrected chi connectivity index (χ1v) is 7.84. The van der Waals surface area contributed by atoms with E-state index in [1.165, 1.54) is 0 Å². The van der Waals surface area contributed by atoms with Crippen LogP contribution in [0.5, 0.6) is 0 Å². The van der Waals surface area contributed by atoms with Gasteiger partial charge >= 0.3 is 6.03 Å². The van der Waals surface area contributed by atoms with Crippen molar-refractivity contribution in [3.05, 3.63) is 41.7 Å². The second-order valence-corrected chi connectivity index (χ2v) is 6.26. The fraction of sp³-hybridized carbons (Fsp3) is 0.412. The van der Waals surface area contributed by atoms with Gasteiger partial charge in [-0.2, -0.15) is 5.10 Å². The van der Waals surface area contributed by atoms with Crippen LogP contribution in [0.4, 0.5) is 16.2 Å². The molecule has 0 aliphatic rings. The van der Waals surface area contributed by atoms with E-state index in [2.05, 4.69) is 15.7 Å². The Kier molecular flexibility index (Phi) is 5.94. The summed E-state index contributed by atoms with van der Waals surface area (Å²) >= 11 is 0. The Bertz CT molecular complexity index is 696. The number of carbonyl (C=O) groups is 1. The van der Waals surface area contributed by atoms with E-state index in [0.29, 0.717) is 18.8 Å². The van der Waals surface area contributed by atoms with Crippen LogP contribution in [0.1, 0.15) is 11.1 Å². The van der Waals surface area contributed by atoms with Crippen LogP contribution < -0.4 is 10.6 Å². The highest BCUT2D eigenvalue weighted by Crippen LogP contribution is 2.16. The third kappa shape index (κ3) is 5.36. The van der Waals surface area contributed by atoms with Crippen molar-refractivity contribution in [1.82, 2.24) is 14.7 Å². The molecule has 0 aliphatic heterocycles. The predicted molar refractivity (Wildman–Crippen MR) is 95.3 cm³/mol. The molecule has 24 heavy (non-hydrogen) atoms. The van der Waals surface area contributed by atoms with Crippen molar-refractivity contribution in [2.45, 2.75) is 26.5 Å². The van der Waals surface area contributed by atoms with Crippen molar-refractivity contribution in [2.24, 2.45) is 0 Å². The maximum Gasteiger partial charge on any atom is 0.323 e. The molecule has 0 aliphatic carbocycles. The molecule has 0 bridgehead atoms. The molecule has 0 radical (unpaired) electrons. The molecule has 1 atom stereocenters. The molecule has 0 saturated carbocycles. The van der Waals surface area contributed by atoms with E-state index < -0.39 is 6.10 Å². The number of nitrogens with zero attached hydrogens (tertiary/aromatic N) is 3. The SMILES string of the molecule is Cc1ccc(NC(=O)Nc2cnn(CC(O)CN(C)C)c2)c(C)c1. The Morgan fingerprint density at radius 3 is 2.75 bits per heavy atom. The Balaban J connectivity index is 1.90. The lowest BCUT2D eigenvalue weighted by atomic mass is 10.1. The summed E-state index contributed by atoms with van der Waals surface area (Å²) < 4.78 is 1.61. The van der Waals surface area contributed by atoms with Gasteiger partial charge in [0.05, 0.1) is 24.5 Å². The largest absolute Gasteiger partial charge is 0.390 e. The van der Waals surface area contributed by atoms with Gasteiger partial charge in [0, 0.05) is 18.4 Å². The van der Waals surface area contributed by atoms with Crippen LogP contribution in [0.25, 0.3) is 0 Å². The molecule has 1 aromatic carbocycles. The van der Waals surface area contributed by atoms with Crippen molar-refractivity contribution in [3.8, 4) is 0 Å². The number of hydrogen-bond donors (Lipinski definition) is 3. The summed E-state index contributed by atoms with van der Waals surface area (Å²) in [6.45, 7) is 4.89. The summed E-state index contributed by atoms with van der Waals surface area (Å²) in [5.41, 5.74) is 3.50. The highest BCUT2D eigenvalue weighted by atomic mass is 16.3. The monoisotopic (exact) mass is 331 g/mol. The number of anilines is 2. The number of urea groups is 1. The minimum atomic E-state index is -0.517. The first-order chi connectivity index (χ1) is 11.3. The highest BCUT2D eigenvalue weighted by molar-refractivity contribution is 6.00. The zero-order chi connectivity index (χ0) is 17.7. The molecule has 7 nitrogen and oxygen atoms in total. The second-order valence-electron chi connectivity index (χ2n) is 6.26. The van der Waals surface area contributed by atoms with Crippen LogP contribution in [-0.4, -0.2) is 52.6 Å². The van der Waals surface area contributed by atoms with Crippen LogP contribution in [0.15, 0.2) is 30.6 Å². The first kappa shape index (κ1) is 18.0. The number of carbonyl (C=O) groups excluding carboxylic acids is 1. The van der Waals surface area contributed by atoms with Crippen LogP contribution in [0, 0.1) is 13.8 Å². The number of likely N-dealkylation sites (N-methyl/N-ethyl adjacent to an activating group) is 1. The third-order valence-electron chi connectivity index (χ3n) is 3.49. The molecule has 3 N–H and O–H groups in total. The van der Waals surface area contributed by atoms with Gasteiger partial charge < -0.3 is 20.6 Å². The van der Waals surface area contributed by atoms with E-state index in [9.17, 15) is 9.90 Å². The number of benzene rings is 1. The molecule has 2 amide bonds. The Hall–Kier alpha value is -2.38. The molecule has 1 heterocycles. The average Bonchev–Trinajstić information content (AvgIpc) is 2.88. The minimum Gasteiger partial charge on any atom is -0.390 e. The van der Waals surface area contributed by atoms with Crippen LogP contribution in [-0.2, 0) is 6.54 Å². The number of aliphatic hydroxyl groups excluding tert-OH is 1. The van der Waals surface area contributed by atoms with Crippen molar-refractivity contribution < 1.29 is 9.90 Å². The van der Waals surface area contributed by atoms with Gasteiger partial charge in [-0.15, -0.1) is 0 Å². The standard InChI is InChI=1S/C17H25N5O2/c1-12-5-6-16(13(2)7-12)20-17(24)19-14-8-18-22(9-14)11-15(23)10-21(3)4/h5-9,15,23H,10-11H2,1-4H3,(H2,19,20,24). The maximum atomic E-state index is 12.1. The lowest BCUT2D eigenvalue weighted by Gasteiger charge is -2.15. The number of aliphatic hydroxyl groups is 1. The third-order valence-corrected chi connectivity index (χ3v) is 3.49. The fourth-order valence-electron chi connectivity index (χ4n) is 2.46. The van der Waals surface area contributed by atoms with Gasteiger partial charge in [-0.05, 0) is 39.6 Å². The summed E-state index contributed by atoms with van der Waals surface area (Å²) in [5, 5.41) is 19.6. The molecule has 0 fully saturated rings. The van der Waals surface area contributed by atoms with E-state index in [-0.39, 0.29) is 6.03 Å². The molecular formula is C17H25N5O2. The number of nitrogens with one attached hydrogen (secondary N) is 2. The summed E-state index contributed by atoms with van der Waals surface area (Å²) in [6, 6.07) is 5.52. The minimum absolute atomic E-state index is 0.324. The quantitative estimate of drug-likeness (QED) is 0.757. The van der Waals surface area contributed by atoms with E-state index in [4.69, 9.17) is 0 Å². The summed E-state index contributed by atoms with van der Waals surface area (Å²) in [5.74, 6) is 0. The van der Waals surface area contributed by atoms with E-state index in [1.54, 1.807) is 17.1 Å². The molecular weight excluding hydrogens is 306 g/mol. The summed E-state index contributed by atoms with van der Waals surface area (Å²) in [7, 11) is 3.80. The average molecular weight is 331 g/mol. The zero-order valence-corrected chi connectivity index (χ0v) is 14.6. The normalized spacial score (nSPS) is 12.2. The Morgan fingerprint density at radius 1 is 1.33 bits per heavy atom. The van der Waals surface area contributed by atoms with E-state index >= 15 is 0 Å². The molecule has 1 unspecified atom stereocenters. The van der Waals surface area contributed by atoms with E-state index in [1.807, 2.05) is 51.0 Å². The molecule has 130 valence electrons. The second kappa shape index (κ2) is 7.94. The smallest absolute Gasteiger partial charge is 0.323 e. The van der Waals surface area contributed by atoms with Crippen molar-refractivity contribution in [2.75, 3.05) is 31.3 Å². The van der Waals surface area contributed by atoms with Gasteiger partial charge in [0.25, 0.3) is 0 Å². The van der Waals surface area contributed by atoms with Gasteiger partial charge in [-0.25, -0.2) is 4.79 Å². The topological polar surface area (TPSA) is 82.4 Å². The van der Waals surface area contributed by atoms with Gasteiger partial charge in [0.2, 0.25) is 0 Å². The molecule has 0 saturated heterocycles. The number of aryl methyl sites for hydroxylation is 2. The van der Waals surface area contributed by atoms with Crippen LogP contribution in [0.3, 0.4) is 0 Å². The summed E-state index contributed by atoms with van der Waals surface area (Å²) in [6.07, 6.45) is 2.74. The molecule has 2 rings (SSSR count). The van der Waals surface area contributed by atoms with Crippen LogP contribution in [0.2, 0.25) is 0 Å². The lowest BCUT2D eigenvalue weighted by Crippen LogP contribution is -2.29. The van der Waals surface area contributed by atoms with Crippen molar-refractivity contribution in [3.63, 3.8) is 0 Å². The van der Waals surface area contributed by atoms with E-state index in [0.717, 1.165) is 16.8 Å². The fourth-order valence-corrected chi connectivity index (χ4v) is 2.46. The molecule has 2 aromatic rings. The first-order valence-electron chi connectivity index (χ1n) is 7.84. The molecule has 7 heteroatoms. The number of rotatable bonds is 6. The van der Waals surface area contributed by atoms with Gasteiger partial charge in [0.15, 0.2) is 0 Å². The number of amides is 2. The number of hydrogen-bond acceptors (Lipinski definition) is 4. The van der Waals surface area contributed by atoms with Gasteiger partial charge in [-0.3, -0.25) is 4.68 Å². The van der Waals surface area contributed by atoms with Crippen LogP contribution >= 0.6 is 0 Å².